The van der Waals surface area contributed by atoms with E-state index in [0.29, 0.717) is 29.4 Å². The molecule has 18 heavy (non-hydrogen) atoms. The van der Waals surface area contributed by atoms with Crippen LogP contribution in [0.1, 0.15) is 5.82 Å². The van der Waals surface area contributed by atoms with E-state index >= 15 is 0 Å². The number of nitrogens with two attached hydrogens (primary N) is 1. The van der Waals surface area contributed by atoms with E-state index in [9.17, 15) is 4.39 Å². The highest BCUT2D eigenvalue weighted by Gasteiger charge is 2.06. The van der Waals surface area contributed by atoms with E-state index in [1.54, 1.807) is 18.5 Å². The van der Waals surface area contributed by atoms with E-state index in [1.807, 2.05) is 0 Å². The van der Waals surface area contributed by atoms with Gasteiger partial charge in [-0.2, -0.15) is 0 Å². The standard InChI is InChI=1S/C12H11ClFN3.ClH/c13-11-5-9(14)1-2-10(11)8-6-16-12(3-4-15)17-7-8;/h1-2,5-7H,3-4,15H2;1H. The molecule has 0 unspecified atom stereocenters. The number of halogens is 3. The Morgan fingerprint density at radius 2 is 1.89 bits per heavy atom. The van der Waals surface area contributed by atoms with Gasteiger partial charge in [0.15, 0.2) is 0 Å². The van der Waals surface area contributed by atoms with Crippen molar-refractivity contribution in [3.8, 4) is 11.1 Å². The van der Waals surface area contributed by atoms with E-state index < -0.39 is 0 Å². The fourth-order valence-electron chi connectivity index (χ4n) is 1.48. The van der Waals surface area contributed by atoms with Crippen molar-refractivity contribution in [3.05, 3.63) is 47.3 Å². The average molecular weight is 288 g/mol. The summed E-state index contributed by atoms with van der Waals surface area (Å²) in [6.45, 7) is 0.511. The summed E-state index contributed by atoms with van der Waals surface area (Å²) in [5.41, 5.74) is 6.88. The van der Waals surface area contributed by atoms with Crippen molar-refractivity contribution >= 4 is 24.0 Å². The second kappa shape index (κ2) is 6.64. The van der Waals surface area contributed by atoms with Crippen LogP contribution >= 0.6 is 24.0 Å². The Labute approximate surface area is 116 Å². The Balaban J connectivity index is 0.00000162. The molecule has 0 amide bonds. The zero-order valence-electron chi connectivity index (χ0n) is 9.44. The van der Waals surface area contributed by atoms with Crippen molar-refractivity contribution in [3.63, 3.8) is 0 Å². The van der Waals surface area contributed by atoms with Crippen LogP contribution in [0.15, 0.2) is 30.6 Å². The van der Waals surface area contributed by atoms with Crippen LogP contribution in [-0.4, -0.2) is 16.5 Å². The first-order valence-electron chi connectivity index (χ1n) is 5.17. The van der Waals surface area contributed by atoms with Gasteiger partial charge in [-0.15, -0.1) is 12.4 Å². The van der Waals surface area contributed by atoms with E-state index in [0.717, 1.165) is 5.56 Å². The van der Waals surface area contributed by atoms with Gasteiger partial charge in [0.05, 0.1) is 5.02 Å². The summed E-state index contributed by atoms with van der Waals surface area (Å²) in [6.07, 6.45) is 3.96. The molecule has 1 aromatic carbocycles. The number of hydrogen-bond donors (Lipinski definition) is 1. The third-order valence-corrected chi connectivity index (χ3v) is 2.63. The molecule has 2 N–H and O–H groups in total. The Hall–Kier alpha value is -1.23. The minimum absolute atomic E-state index is 0. The van der Waals surface area contributed by atoms with Crippen LogP contribution in [0.3, 0.4) is 0 Å². The van der Waals surface area contributed by atoms with Crippen molar-refractivity contribution in [1.82, 2.24) is 9.97 Å². The maximum absolute atomic E-state index is 12.9. The van der Waals surface area contributed by atoms with E-state index in [1.165, 1.54) is 12.1 Å². The molecule has 0 saturated heterocycles. The summed E-state index contributed by atoms with van der Waals surface area (Å²) < 4.78 is 12.9. The van der Waals surface area contributed by atoms with E-state index in [-0.39, 0.29) is 18.2 Å². The number of rotatable bonds is 3. The van der Waals surface area contributed by atoms with Gasteiger partial charge in [0, 0.05) is 29.9 Å². The van der Waals surface area contributed by atoms with Crippen LogP contribution in [0.2, 0.25) is 5.02 Å². The fraction of sp³-hybridized carbons (Fsp3) is 0.167. The average Bonchev–Trinajstić information content (AvgIpc) is 2.31. The zero-order valence-corrected chi connectivity index (χ0v) is 11.0. The molecule has 0 fully saturated rings. The summed E-state index contributed by atoms with van der Waals surface area (Å²) in [7, 11) is 0. The molecule has 2 rings (SSSR count). The lowest BCUT2D eigenvalue weighted by molar-refractivity contribution is 0.628. The second-order valence-corrected chi connectivity index (χ2v) is 3.96. The largest absolute Gasteiger partial charge is 0.330 e. The van der Waals surface area contributed by atoms with Gasteiger partial charge in [-0.3, -0.25) is 0 Å². The normalized spacial score (nSPS) is 9.94. The molecule has 0 bridgehead atoms. The lowest BCUT2D eigenvalue weighted by Gasteiger charge is -2.04. The summed E-state index contributed by atoms with van der Waals surface area (Å²) >= 11 is 5.95. The quantitative estimate of drug-likeness (QED) is 0.944. The third kappa shape index (κ3) is 3.38. The zero-order chi connectivity index (χ0) is 12.3. The van der Waals surface area contributed by atoms with Crippen molar-refractivity contribution in [2.45, 2.75) is 6.42 Å². The maximum Gasteiger partial charge on any atom is 0.129 e. The van der Waals surface area contributed by atoms with Gasteiger partial charge < -0.3 is 5.73 Å². The van der Waals surface area contributed by atoms with Gasteiger partial charge in [-0.25, -0.2) is 14.4 Å². The molecule has 1 heterocycles. The number of hydrogen-bond acceptors (Lipinski definition) is 3. The molecular formula is C12H12Cl2FN3. The Morgan fingerprint density at radius 3 is 2.44 bits per heavy atom. The van der Waals surface area contributed by atoms with Crippen molar-refractivity contribution in [1.29, 1.82) is 0 Å². The van der Waals surface area contributed by atoms with Crippen molar-refractivity contribution in [2.75, 3.05) is 6.54 Å². The van der Waals surface area contributed by atoms with Crippen LogP contribution in [0, 0.1) is 5.82 Å². The SMILES string of the molecule is Cl.NCCc1ncc(-c2ccc(F)cc2Cl)cn1. The van der Waals surface area contributed by atoms with Gasteiger partial charge in [0.25, 0.3) is 0 Å². The fourth-order valence-corrected chi connectivity index (χ4v) is 1.75. The van der Waals surface area contributed by atoms with Gasteiger partial charge in [0.2, 0.25) is 0 Å². The van der Waals surface area contributed by atoms with E-state index in [4.69, 9.17) is 17.3 Å². The van der Waals surface area contributed by atoms with E-state index in [2.05, 4.69) is 9.97 Å². The second-order valence-electron chi connectivity index (χ2n) is 3.55. The highest BCUT2D eigenvalue weighted by Crippen LogP contribution is 2.27. The summed E-state index contributed by atoms with van der Waals surface area (Å²) in [6, 6.07) is 4.23. The van der Waals surface area contributed by atoms with Gasteiger partial charge in [-0.05, 0) is 24.7 Å². The topological polar surface area (TPSA) is 51.8 Å². The molecule has 0 atom stereocenters. The molecule has 6 heteroatoms. The lowest BCUT2D eigenvalue weighted by atomic mass is 10.1. The molecule has 3 nitrogen and oxygen atoms in total. The Bertz CT molecular complexity index is 517. The van der Waals surface area contributed by atoms with Crippen molar-refractivity contribution in [2.24, 2.45) is 5.73 Å². The van der Waals surface area contributed by atoms with Crippen LogP contribution < -0.4 is 5.73 Å². The molecule has 0 aliphatic heterocycles. The number of aromatic nitrogens is 2. The maximum atomic E-state index is 12.9. The lowest BCUT2D eigenvalue weighted by Crippen LogP contribution is -2.06. The smallest absolute Gasteiger partial charge is 0.129 e. The predicted octanol–water partition coefficient (Wildman–Crippen LogP) is 2.86. The van der Waals surface area contributed by atoms with Gasteiger partial charge in [-0.1, -0.05) is 11.6 Å². The number of benzene rings is 1. The third-order valence-electron chi connectivity index (χ3n) is 2.32. The first kappa shape index (κ1) is 14.8. The predicted molar refractivity (Wildman–Crippen MR) is 72.4 cm³/mol. The molecular weight excluding hydrogens is 276 g/mol. The van der Waals surface area contributed by atoms with Crippen LogP contribution in [0.5, 0.6) is 0 Å². The summed E-state index contributed by atoms with van der Waals surface area (Å²) in [5, 5.41) is 0.347. The summed E-state index contributed by atoms with van der Waals surface area (Å²) in [5.74, 6) is 0.328. The van der Waals surface area contributed by atoms with Gasteiger partial charge >= 0.3 is 0 Å². The molecule has 96 valence electrons. The molecule has 1 aromatic heterocycles. The molecule has 0 aliphatic rings. The highest BCUT2D eigenvalue weighted by molar-refractivity contribution is 6.33. The highest BCUT2D eigenvalue weighted by atomic mass is 35.5. The summed E-state index contributed by atoms with van der Waals surface area (Å²) in [4.78, 5) is 8.33. The molecule has 0 saturated carbocycles. The van der Waals surface area contributed by atoms with Gasteiger partial charge in [0.1, 0.15) is 11.6 Å². The monoisotopic (exact) mass is 287 g/mol. The van der Waals surface area contributed by atoms with Crippen LogP contribution in [0.4, 0.5) is 4.39 Å². The number of nitrogens with zero attached hydrogens (tertiary/aromatic N) is 2. The molecule has 0 aliphatic carbocycles. The van der Waals surface area contributed by atoms with Crippen molar-refractivity contribution < 1.29 is 4.39 Å². The Morgan fingerprint density at radius 1 is 1.22 bits per heavy atom. The minimum atomic E-state index is -0.362. The Kier molecular flexibility index (Phi) is 5.47. The molecule has 2 aromatic rings. The molecule has 0 spiro atoms. The first-order valence-corrected chi connectivity index (χ1v) is 5.55. The van der Waals surface area contributed by atoms with Crippen LogP contribution in [0.25, 0.3) is 11.1 Å². The minimum Gasteiger partial charge on any atom is -0.330 e. The van der Waals surface area contributed by atoms with Crippen LogP contribution in [-0.2, 0) is 6.42 Å². The molecule has 0 radical (unpaired) electrons. The first-order chi connectivity index (χ1) is 8.20.